The Hall–Kier alpha value is -2.28. The van der Waals surface area contributed by atoms with E-state index in [-0.39, 0.29) is 5.91 Å². The lowest BCUT2D eigenvalue weighted by molar-refractivity contribution is 0.0689. The fourth-order valence-electron chi connectivity index (χ4n) is 3.18. The summed E-state index contributed by atoms with van der Waals surface area (Å²) in [5, 5.41) is 9.05. The maximum absolute atomic E-state index is 12.8. The first-order chi connectivity index (χ1) is 11.7. The van der Waals surface area contributed by atoms with Gasteiger partial charge in [-0.05, 0) is 37.5 Å². The summed E-state index contributed by atoms with van der Waals surface area (Å²) in [4.78, 5) is 19.3. The number of nitrogens with zero attached hydrogens (tertiary/aromatic N) is 5. The molecule has 1 aliphatic heterocycles. The number of aromatic nitrogens is 4. The Morgan fingerprint density at radius 2 is 2.17 bits per heavy atom. The molecule has 0 radical (unpaired) electrons. The summed E-state index contributed by atoms with van der Waals surface area (Å²) in [5.74, 6) is 0.111. The molecule has 3 heterocycles. The van der Waals surface area contributed by atoms with Gasteiger partial charge >= 0.3 is 0 Å². The molecule has 1 saturated heterocycles. The molecular weight excluding hydrogens is 322 g/mol. The molecule has 0 N–H and O–H groups in total. The molecule has 1 aliphatic rings. The molecule has 2 aromatic heterocycles. The highest BCUT2D eigenvalue weighted by Crippen LogP contribution is 2.26. The number of carbonyl (C=O) groups is 1. The maximum atomic E-state index is 12.8. The molecule has 0 saturated carbocycles. The first-order valence-electron chi connectivity index (χ1n) is 8.29. The van der Waals surface area contributed by atoms with Crippen molar-refractivity contribution in [2.45, 2.75) is 32.2 Å². The number of carbonyl (C=O) groups excluding carboxylic acids is 1. The van der Waals surface area contributed by atoms with Gasteiger partial charge in [-0.1, -0.05) is 12.1 Å². The summed E-state index contributed by atoms with van der Waals surface area (Å²) in [5.41, 5.74) is 1.74. The molecule has 6 nitrogen and oxygen atoms in total. The maximum Gasteiger partial charge on any atom is 0.253 e. The normalized spacial score (nSPS) is 16.0. The van der Waals surface area contributed by atoms with Crippen molar-refractivity contribution in [2.75, 3.05) is 13.1 Å². The molecule has 7 heteroatoms. The number of amides is 1. The monoisotopic (exact) mass is 341 g/mol. The fraction of sp³-hybridized carbons (Fsp3) is 0.412. The zero-order valence-corrected chi connectivity index (χ0v) is 14.4. The lowest BCUT2D eigenvalue weighted by Gasteiger charge is -2.31. The van der Waals surface area contributed by atoms with E-state index in [0.29, 0.717) is 6.04 Å². The SMILES string of the molecule is CCc1nc2ccc(C(=O)N3CCC(n4ccnn4)CC3)cc2s1. The molecule has 1 amide bonds. The van der Waals surface area contributed by atoms with E-state index in [1.807, 2.05) is 34.0 Å². The van der Waals surface area contributed by atoms with Crippen LogP contribution in [0.4, 0.5) is 0 Å². The average Bonchev–Trinajstić information content (AvgIpc) is 3.29. The van der Waals surface area contributed by atoms with Crippen LogP contribution in [0, 0.1) is 0 Å². The van der Waals surface area contributed by atoms with Crippen LogP contribution in [-0.4, -0.2) is 43.9 Å². The van der Waals surface area contributed by atoms with Crippen molar-refractivity contribution in [3.05, 3.63) is 41.2 Å². The first kappa shape index (κ1) is 15.3. The Kier molecular flexibility index (Phi) is 4.02. The molecular formula is C17H19N5OS. The highest BCUT2D eigenvalue weighted by molar-refractivity contribution is 7.18. The second-order valence-electron chi connectivity index (χ2n) is 6.05. The van der Waals surface area contributed by atoms with Crippen LogP contribution in [0.25, 0.3) is 10.2 Å². The number of fused-ring (bicyclic) bond motifs is 1. The van der Waals surface area contributed by atoms with E-state index >= 15 is 0 Å². The summed E-state index contributed by atoms with van der Waals surface area (Å²) < 4.78 is 2.99. The van der Waals surface area contributed by atoms with Gasteiger partial charge in [0.1, 0.15) is 0 Å². The minimum absolute atomic E-state index is 0.111. The fourth-order valence-corrected chi connectivity index (χ4v) is 4.13. The Bertz CT molecular complexity index is 849. The number of hydrogen-bond acceptors (Lipinski definition) is 5. The van der Waals surface area contributed by atoms with E-state index in [4.69, 9.17) is 0 Å². The Morgan fingerprint density at radius 3 is 2.88 bits per heavy atom. The third-order valence-corrected chi connectivity index (χ3v) is 5.71. The van der Waals surface area contributed by atoms with Gasteiger partial charge in [-0.2, -0.15) is 0 Å². The van der Waals surface area contributed by atoms with Crippen LogP contribution in [0.5, 0.6) is 0 Å². The summed E-state index contributed by atoms with van der Waals surface area (Å²) in [6.45, 7) is 3.61. The van der Waals surface area contributed by atoms with E-state index in [2.05, 4.69) is 22.2 Å². The summed E-state index contributed by atoms with van der Waals surface area (Å²) in [6.07, 6.45) is 6.35. The predicted octanol–water partition coefficient (Wildman–Crippen LogP) is 2.93. The van der Waals surface area contributed by atoms with Crippen molar-refractivity contribution in [3.8, 4) is 0 Å². The average molecular weight is 341 g/mol. The van der Waals surface area contributed by atoms with Crippen LogP contribution in [0.15, 0.2) is 30.6 Å². The van der Waals surface area contributed by atoms with Gasteiger partial charge in [-0.15, -0.1) is 16.4 Å². The third kappa shape index (κ3) is 2.80. The van der Waals surface area contributed by atoms with Crippen LogP contribution in [0.2, 0.25) is 0 Å². The van der Waals surface area contributed by atoms with Gasteiger partial charge in [-0.3, -0.25) is 4.79 Å². The molecule has 3 aromatic rings. The summed E-state index contributed by atoms with van der Waals surface area (Å²) in [6, 6.07) is 6.18. The molecule has 0 bridgehead atoms. The van der Waals surface area contributed by atoms with E-state index in [0.717, 1.165) is 53.1 Å². The van der Waals surface area contributed by atoms with Crippen molar-refractivity contribution >= 4 is 27.5 Å². The van der Waals surface area contributed by atoms with Crippen molar-refractivity contribution in [1.29, 1.82) is 0 Å². The summed E-state index contributed by atoms with van der Waals surface area (Å²) >= 11 is 1.67. The van der Waals surface area contributed by atoms with Gasteiger partial charge < -0.3 is 4.90 Å². The Labute approximate surface area is 144 Å². The van der Waals surface area contributed by atoms with Gasteiger partial charge in [0.05, 0.1) is 27.5 Å². The van der Waals surface area contributed by atoms with Crippen LogP contribution >= 0.6 is 11.3 Å². The summed E-state index contributed by atoms with van der Waals surface area (Å²) in [7, 11) is 0. The van der Waals surface area contributed by atoms with Gasteiger partial charge in [-0.25, -0.2) is 9.67 Å². The Balaban J connectivity index is 1.48. The topological polar surface area (TPSA) is 63.9 Å². The van der Waals surface area contributed by atoms with E-state index in [9.17, 15) is 4.79 Å². The van der Waals surface area contributed by atoms with Crippen molar-refractivity contribution in [3.63, 3.8) is 0 Å². The zero-order valence-electron chi connectivity index (χ0n) is 13.6. The molecule has 24 heavy (non-hydrogen) atoms. The molecule has 0 aliphatic carbocycles. The highest BCUT2D eigenvalue weighted by Gasteiger charge is 2.25. The first-order valence-corrected chi connectivity index (χ1v) is 9.11. The Morgan fingerprint density at radius 1 is 1.33 bits per heavy atom. The molecule has 0 unspecified atom stereocenters. The lowest BCUT2D eigenvalue weighted by Crippen LogP contribution is -2.39. The van der Waals surface area contributed by atoms with Crippen molar-refractivity contribution in [2.24, 2.45) is 0 Å². The van der Waals surface area contributed by atoms with E-state index < -0.39 is 0 Å². The highest BCUT2D eigenvalue weighted by atomic mass is 32.1. The molecule has 1 aromatic carbocycles. The molecule has 124 valence electrons. The zero-order chi connectivity index (χ0) is 16.5. The van der Waals surface area contributed by atoms with Crippen LogP contribution < -0.4 is 0 Å². The lowest BCUT2D eigenvalue weighted by atomic mass is 10.0. The van der Waals surface area contributed by atoms with Gasteiger partial charge in [0.25, 0.3) is 5.91 Å². The second kappa shape index (κ2) is 6.32. The van der Waals surface area contributed by atoms with Crippen LogP contribution in [-0.2, 0) is 6.42 Å². The molecule has 0 spiro atoms. The quantitative estimate of drug-likeness (QED) is 0.735. The number of likely N-dealkylation sites (tertiary alicyclic amines) is 1. The largest absolute Gasteiger partial charge is 0.338 e. The van der Waals surface area contributed by atoms with Gasteiger partial charge in [0.15, 0.2) is 0 Å². The van der Waals surface area contributed by atoms with Crippen molar-refractivity contribution < 1.29 is 4.79 Å². The van der Waals surface area contributed by atoms with E-state index in [1.165, 1.54) is 0 Å². The minimum Gasteiger partial charge on any atom is -0.338 e. The molecule has 0 atom stereocenters. The van der Waals surface area contributed by atoms with E-state index in [1.54, 1.807) is 17.5 Å². The molecule has 4 rings (SSSR count). The van der Waals surface area contributed by atoms with Gasteiger partial charge in [0, 0.05) is 24.8 Å². The number of piperidine rings is 1. The third-order valence-electron chi connectivity index (χ3n) is 4.55. The number of hydrogen-bond donors (Lipinski definition) is 0. The van der Waals surface area contributed by atoms with Crippen molar-refractivity contribution in [1.82, 2.24) is 24.9 Å². The smallest absolute Gasteiger partial charge is 0.253 e. The van der Waals surface area contributed by atoms with Crippen LogP contribution in [0.1, 0.15) is 41.2 Å². The van der Waals surface area contributed by atoms with Crippen LogP contribution in [0.3, 0.4) is 0 Å². The number of rotatable bonds is 3. The standard InChI is InChI=1S/C17H19N5OS/c1-2-16-19-14-4-3-12(11-15(14)24-16)17(23)21-8-5-13(6-9-21)22-10-7-18-20-22/h3-4,7,10-11,13H,2,5-6,8-9H2,1H3. The predicted molar refractivity (Wildman–Crippen MR) is 93.2 cm³/mol. The molecule has 1 fully saturated rings. The number of aryl methyl sites for hydroxylation is 1. The van der Waals surface area contributed by atoms with Gasteiger partial charge in [0.2, 0.25) is 0 Å². The number of thiazole rings is 1. The minimum atomic E-state index is 0.111. The second-order valence-corrected chi connectivity index (χ2v) is 7.17. The number of benzene rings is 1.